The van der Waals surface area contributed by atoms with E-state index in [1.165, 1.54) is 37.6 Å². The maximum absolute atomic E-state index is 13.8. The van der Waals surface area contributed by atoms with Crippen LogP contribution < -0.4 is 9.47 Å². The molecule has 2 aliphatic heterocycles. The minimum Gasteiger partial charge on any atom is -0.492 e. The molecule has 0 spiro atoms. The highest BCUT2D eigenvalue weighted by atomic mass is 19.1. The molecule has 5 nitrogen and oxygen atoms in total. The topological polar surface area (TPSA) is 45.2 Å². The summed E-state index contributed by atoms with van der Waals surface area (Å²) >= 11 is 0. The highest BCUT2D eigenvalue weighted by molar-refractivity contribution is 5.28. The molecule has 4 rings (SSSR count). The summed E-state index contributed by atoms with van der Waals surface area (Å²) < 4.78 is 25.4. The number of halogens is 1. The van der Waals surface area contributed by atoms with Gasteiger partial charge in [-0.1, -0.05) is 24.3 Å². The standard InChI is InChI=1S/C26H35FN2O3/c27-24-9-1-2-10-25(24)32-21-26(30)11-6-15-29(16-12-26)20-22-7-5-8-23(19-22)31-18-17-28-13-3-4-14-28/h1-2,5,7-10,19,30H,3-4,6,11-18,20-21H2/t26-/m0/s1. The number of likely N-dealkylation sites (tertiary alicyclic amines) is 2. The van der Waals surface area contributed by atoms with Crippen molar-refractivity contribution >= 4 is 0 Å². The molecule has 1 atom stereocenters. The average molecular weight is 443 g/mol. The van der Waals surface area contributed by atoms with Crippen molar-refractivity contribution in [3.8, 4) is 11.5 Å². The molecule has 0 aromatic heterocycles. The van der Waals surface area contributed by atoms with Crippen molar-refractivity contribution in [1.82, 2.24) is 9.80 Å². The first-order valence-corrected chi connectivity index (χ1v) is 11.9. The van der Waals surface area contributed by atoms with E-state index in [9.17, 15) is 9.50 Å². The number of hydrogen-bond acceptors (Lipinski definition) is 5. The number of aliphatic hydroxyl groups is 1. The van der Waals surface area contributed by atoms with Gasteiger partial charge in [0.1, 0.15) is 19.0 Å². The molecule has 0 radical (unpaired) electrons. The minimum absolute atomic E-state index is 0.113. The smallest absolute Gasteiger partial charge is 0.165 e. The lowest BCUT2D eigenvalue weighted by molar-refractivity contribution is -0.0177. The third-order valence-electron chi connectivity index (χ3n) is 6.52. The molecule has 32 heavy (non-hydrogen) atoms. The van der Waals surface area contributed by atoms with Gasteiger partial charge in [-0.2, -0.15) is 0 Å². The molecule has 0 unspecified atom stereocenters. The molecule has 0 bridgehead atoms. The van der Waals surface area contributed by atoms with Crippen molar-refractivity contribution in [2.45, 2.75) is 44.2 Å². The van der Waals surface area contributed by atoms with Crippen LogP contribution in [0.25, 0.3) is 0 Å². The van der Waals surface area contributed by atoms with Gasteiger partial charge in [0.25, 0.3) is 0 Å². The number of nitrogens with zero attached hydrogens (tertiary/aromatic N) is 2. The number of rotatable bonds is 9. The van der Waals surface area contributed by atoms with Crippen LogP contribution in [-0.2, 0) is 6.54 Å². The quantitative estimate of drug-likeness (QED) is 0.634. The van der Waals surface area contributed by atoms with E-state index in [4.69, 9.17) is 9.47 Å². The van der Waals surface area contributed by atoms with Crippen LogP contribution in [-0.4, -0.2) is 66.4 Å². The zero-order valence-corrected chi connectivity index (χ0v) is 18.8. The van der Waals surface area contributed by atoms with Crippen LogP contribution in [0.2, 0.25) is 0 Å². The molecule has 2 aromatic rings. The highest BCUT2D eigenvalue weighted by Gasteiger charge is 2.31. The largest absolute Gasteiger partial charge is 0.492 e. The molecule has 0 saturated carbocycles. The molecular weight excluding hydrogens is 407 g/mol. The lowest BCUT2D eigenvalue weighted by atomic mass is 9.96. The molecule has 174 valence electrons. The molecule has 6 heteroatoms. The van der Waals surface area contributed by atoms with Crippen molar-refractivity contribution in [1.29, 1.82) is 0 Å². The van der Waals surface area contributed by atoms with Gasteiger partial charge in [0, 0.05) is 19.6 Å². The Kier molecular flexibility index (Phi) is 8.00. The van der Waals surface area contributed by atoms with Crippen molar-refractivity contribution in [3.63, 3.8) is 0 Å². The second-order valence-electron chi connectivity index (χ2n) is 9.12. The van der Waals surface area contributed by atoms with E-state index in [1.54, 1.807) is 18.2 Å². The van der Waals surface area contributed by atoms with Crippen LogP contribution in [0, 0.1) is 5.82 Å². The fraction of sp³-hybridized carbons (Fsp3) is 0.538. The molecule has 2 fully saturated rings. The molecule has 2 saturated heterocycles. The van der Waals surface area contributed by atoms with Crippen LogP contribution in [0.5, 0.6) is 11.5 Å². The summed E-state index contributed by atoms with van der Waals surface area (Å²) in [6.07, 6.45) is 4.74. The van der Waals surface area contributed by atoms with E-state index >= 15 is 0 Å². The molecule has 1 N–H and O–H groups in total. The van der Waals surface area contributed by atoms with Gasteiger partial charge in [0.05, 0.1) is 5.60 Å². The maximum atomic E-state index is 13.8. The summed E-state index contributed by atoms with van der Waals surface area (Å²) in [5, 5.41) is 11.0. The molecule has 0 aliphatic carbocycles. The van der Waals surface area contributed by atoms with Crippen molar-refractivity contribution < 1.29 is 19.0 Å². The van der Waals surface area contributed by atoms with E-state index in [1.807, 2.05) is 6.07 Å². The fourth-order valence-corrected chi connectivity index (χ4v) is 4.60. The molecule has 2 aliphatic rings. The third-order valence-corrected chi connectivity index (χ3v) is 6.52. The molecule has 2 aromatic carbocycles. The predicted octanol–water partition coefficient (Wildman–Crippen LogP) is 4.10. The van der Waals surface area contributed by atoms with Crippen LogP contribution in [0.4, 0.5) is 4.39 Å². The Labute approximate surface area is 190 Å². The van der Waals surface area contributed by atoms with Crippen LogP contribution in [0.1, 0.15) is 37.7 Å². The minimum atomic E-state index is -0.933. The summed E-state index contributed by atoms with van der Waals surface area (Å²) in [6.45, 7) is 6.73. The summed E-state index contributed by atoms with van der Waals surface area (Å²) in [4.78, 5) is 4.82. The Bertz CT molecular complexity index is 858. The Hall–Kier alpha value is -2.15. The Morgan fingerprint density at radius 2 is 1.69 bits per heavy atom. The summed E-state index contributed by atoms with van der Waals surface area (Å²) in [7, 11) is 0. The summed E-state index contributed by atoms with van der Waals surface area (Å²) in [5.74, 6) is 0.726. The lowest BCUT2D eigenvalue weighted by Crippen LogP contribution is -2.37. The normalized spacial score (nSPS) is 22.6. The van der Waals surface area contributed by atoms with Gasteiger partial charge in [-0.3, -0.25) is 9.80 Å². The first-order chi connectivity index (χ1) is 15.6. The SMILES string of the molecule is O[C@@]1(COc2ccccc2F)CCCN(Cc2cccc(OCCN3CCCC3)c2)CC1. The molecule has 2 heterocycles. The van der Waals surface area contributed by atoms with Gasteiger partial charge < -0.3 is 14.6 Å². The molecular formula is C26H35FN2O3. The Morgan fingerprint density at radius 3 is 2.53 bits per heavy atom. The van der Waals surface area contributed by atoms with Gasteiger partial charge in [-0.05, 0) is 81.6 Å². The van der Waals surface area contributed by atoms with E-state index < -0.39 is 11.4 Å². The van der Waals surface area contributed by atoms with Crippen LogP contribution in [0.15, 0.2) is 48.5 Å². The second kappa shape index (κ2) is 11.1. The van der Waals surface area contributed by atoms with Crippen molar-refractivity contribution in [3.05, 3.63) is 59.9 Å². The van der Waals surface area contributed by atoms with Gasteiger partial charge >= 0.3 is 0 Å². The Morgan fingerprint density at radius 1 is 0.875 bits per heavy atom. The fourth-order valence-electron chi connectivity index (χ4n) is 4.60. The van der Waals surface area contributed by atoms with Crippen LogP contribution in [0.3, 0.4) is 0 Å². The van der Waals surface area contributed by atoms with Gasteiger partial charge in [0.15, 0.2) is 11.6 Å². The zero-order chi connectivity index (χ0) is 22.2. The zero-order valence-electron chi connectivity index (χ0n) is 18.8. The first-order valence-electron chi connectivity index (χ1n) is 11.9. The lowest BCUT2D eigenvalue weighted by Gasteiger charge is -2.27. The maximum Gasteiger partial charge on any atom is 0.165 e. The van der Waals surface area contributed by atoms with E-state index in [0.717, 1.165) is 45.0 Å². The van der Waals surface area contributed by atoms with E-state index in [0.29, 0.717) is 12.8 Å². The third kappa shape index (κ3) is 6.67. The Balaban J connectivity index is 1.25. The monoisotopic (exact) mass is 442 g/mol. The van der Waals surface area contributed by atoms with E-state index in [2.05, 4.69) is 28.0 Å². The second-order valence-corrected chi connectivity index (χ2v) is 9.12. The number of ether oxygens (including phenoxy) is 2. The number of para-hydroxylation sites is 1. The van der Waals surface area contributed by atoms with Gasteiger partial charge in [-0.15, -0.1) is 0 Å². The highest BCUT2D eigenvalue weighted by Crippen LogP contribution is 2.26. The predicted molar refractivity (Wildman–Crippen MR) is 124 cm³/mol. The number of benzene rings is 2. The van der Waals surface area contributed by atoms with Gasteiger partial charge in [0.2, 0.25) is 0 Å². The van der Waals surface area contributed by atoms with Gasteiger partial charge in [-0.25, -0.2) is 4.39 Å². The van der Waals surface area contributed by atoms with Crippen molar-refractivity contribution in [2.75, 3.05) is 45.9 Å². The summed E-state index contributed by atoms with van der Waals surface area (Å²) in [6, 6.07) is 14.7. The molecule has 0 amide bonds. The van der Waals surface area contributed by atoms with E-state index in [-0.39, 0.29) is 12.4 Å². The first kappa shape index (κ1) is 23.0. The van der Waals surface area contributed by atoms with Crippen molar-refractivity contribution in [2.24, 2.45) is 0 Å². The summed E-state index contributed by atoms with van der Waals surface area (Å²) in [5.41, 5.74) is 0.286. The number of hydrogen-bond donors (Lipinski definition) is 1. The average Bonchev–Trinajstić information content (AvgIpc) is 3.24. The van der Waals surface area contributed by atoms with Crippen LogP contribution >= 0.6 is 0 Å².